The highest BCUT2D eigenvalue weighted by Crippen LogP contribution is 2.20. The molecule has 0 amide bonds. The van der Waals surface area contributed by atoms with Crippen molar-refractivity contribution in [1.29, 1.82) is 0 Å². The quantitative estimate of drug-likeness (QED) is 0.414. The molecular formula is C21H36N4O2. The van der Waals surface area contributed by atoms with Gasteiger partial charge in [-0.05, 0) is 55.0 Å². The molecule has 2 rings (SSSR count). The first-order chi connectivity index (χ1) is 12.9. The molecule has 6 nitrogen and oxygen atoms in total. The summed E-state index contributed by atoms with van der Waals surface area (Å²) in [5.74, 6) is 2.56. The Morgan fingerprint density at radius 1 is 1.22 bits per heavy atom. The number of piperidine rings is 1. The van der Waals surface area contributed by atoms with Gasteiger partial charge in [0, 0.05) is 32.4 Å². The average Bonchev–Trinajstić information content (AvgIpc) is 2.67. The number of hydrogen-bond donors (Lipinski definition) is 2. The van der Waals surface area contributed by atoms with Crippen molar-refractivity contribution in [3.8, 4) is 5.75 Å². The number of guanidine groups is 1. The number of likely N-dealkylation sites (tertiary alicyclic amines) is 1. The highest BCUT2D eigenvalue weighted by Gasteiger charge is 2.21. The van der Waals surface area contributed by atoms with Crippen LogP contribution in [0.3, 0.4) is 0 Å². The molecule has 3 N–H and O–H groups in total. The Morgan fingerprint density at radius 3 is 2.48 bits per heavy atom. The van der Waals surface area contributed by atoms with Crippen molar-refractivity contribution in [2.24, 2.45) is 22.1 Å². The summed E-state index contributed by atoms with van der Waals surface area (Å²) in [5.41, 5.74) is 6.89. The van der Waals surface area contributed by atoms with Gasteiger partial charge in [0.1, 0.15) is 12.4 Å². The van der Waals surface area contributed by atoms with Gasteiger partial charge in [-0.25, -0.2) is 0 Å². The Labute approximate surface area is 164 Å². The van der Waals surface area contributed by atoms with Crippen molar-refractivity contribution < 1.29 is 9.47 Å². The second-order valence-corrected chi connectivity index (χ2v) is 8.17. The van der Waals surface area contributed by atoms with Crippen LogP contribution in [0.5, 0.6) is 5.75 Å². The largest absolute Gasteiger partial charge is 0.491 e. The van der Waals surface area contributed by atoms with Crippen LogP contribution in [0.4, 0.5) is 5.69 Å². The first-order valence-electron chi connectivity index (χ1n) is 9.92. The number of hydrogen-bond acceptors (Lipinski definition) is 4. The van der Waals surface area contributed by atoms with E-state index in [1.54, 1.807) is 7.11 Å². The molecule has 6 heteroatoms. The van der Waals surface area contributed by atoms with E-state index in [0.717, 1.165) is 36.4 Å². The Morgan fingerprint density at radius 2 is 1.89 bits per heavy atom. The molecule has 1 fully saturated rings. The van der Waals surface area contributed by atoms with Crippen LogP contribution in [0.15, 0.2) is 29.3 Å². The van der Waals surface area contributed by atoms with Crippen molar-refractivity contribution in [3.63, 3.8) is 0 Å². The van der Waals surface area contributed by atoms with Crippen molar-refractivity contribution in [3.05, 3.63) is 24.3 Å². The number of rotatable bonds is 8. The Bertz CT molecular complexity index is 578. The minimum absolute atomic E-state index is 0.00491. The molecule has 0 aliphatic carbocycles. The van der Waals surface area contributed by atoms with E-state index >= 15 is 0 Å². The SMILES string of the molecule is COCCOc1ccc(NC(=NCC(C)(C)CN)N2CCC(C)CC2)cc1. The summed E-state index contributed by atoms with van der Waals surface area (Å²) < 4.78 is 10.6. The van der Waals surface area contributed by atoms with Gasteiger partial charge in [-0.2, -0.15) is 0 Å². The number of benzene rings is 1. The Kier molecular flexibility index (Phi) is 8.38. The molecule has 1 saturated heterocycles. The number of nitrogens with two attached hydrogens (primary N) is 1. The number of anilines is 1. The lowest BCUT2D eigenvalue weighted by Crippen LogP contribution is -2.42. The standard InChI is InChI=1S/C21H36N4O2/c1-17-9-11-25(12-10-17)20(23-16-21(2,3)15-22)24-18-5-7-19(8-6-18)27-14-13-26-4/h5-8,17H,9-16,22H2,1-4H3,(H,23,24). The van der Waals surface area contributed by atoms with E-state index in [-0.39, 0.29) is 5.41 Å². The molecule has 1 aromatic rings. The van der Waals surface area contributed by atoms with Gasteiger partial charge in [0.25, 0.3) is 0 Å². The third-order valence-electron chi connectivity index (χ3n) is 4.96. The van der Waals surface area contributed by atoms with E-state index in [2.05, 4.69) is 31.0 Å². The number of nitrogens with zero attached hydrogens (tertiary/aromatic N) is 2. The Hall–Kier alpha value is -1.79. The normalized spacial score (nSPS) is 16.5. The molecule has 0 radical (unpaired) electrons. The van der Waals surface area contributed by atoms with Crippen LogP contribution in [-0.4, -0.2) is 57.4 Å². The fourth-order valence-electron chi connectivity index (χ4n) is 2.80. The lowest BCUT2D eigenvalue weighted by atomic mass is 9.94. The Balaban J connectivity index is 2.05. The first-order valence-corrected chi connectivity index (χ1v) is 9.92. The van der Waals surface area contributed by atoms with Crippen LogP contribution in [0.25, 0.3) is 0 Å². The number of methoxy groups -OCH3 is 1. The van der Waals surface area contributed by atoms with Crippen LogP contribution < -0.4 is 15.8 Å². The van der Waals surface area contributed by atoms with E-state index < -0.39 is 0 Å². The van der Waals surface area contributed by atoms with Gasteiger partial charge in [0.05, 0.1) is 6.61 Å². The zero-order valence-electron chi connectivity index (χ0n) is 17.3. The minimum Gasteiger partial charge on any atom is -0.491 e. The van der Waals surface area contributed by atoms with Crippen molar-refractivity contribution in [2.45, 2.75) is 33.6 Å². The highest BCUT2D eigenvalue weighted by molar-refractivity contribution is 5.93. The summed E-state index contributed by atoms with van der Waals surface area (Å²) in [6.07, 6.45) is 2.40. The number of ether oxygens (including phenoxy) is 2. The van der Waals surface area contributed by atoms with Crippen LogP contribution in [0.1, 0.15) is 33.6 Å². The van der Waals surface area contributed by atoms with Crippen LogP contribution in [0.2, 0.25) is 0 Å². The van der Waals surface area contributed by atoms with Crippen molar-refractivity contribution in [2.75, 3.05) is 51.8 Å². The van der Waals surface area contributed by atoms with Crippen LogP contribution >= 0.6 is 0 Å². The third-order valence-corrected chi connectivity index (χ3v) is 4.96. The topological polar surface area (TPSA) is 72.1 Å². The minimum atomic E-state index is -0.00491. The monoisotopic (exact) mass is 376 g/mol. The average molecular weight is 377 g/mol. The number of aliphatic imine (C=N–C) groups is 1. The summed E-state index contributed by atoms with van der Waals surface area (Å²) in [4.78, 5) is 7.25. The molecule has 1 aromatic carbocycles. The van der Waals surface area contributed by atoms with Crippen molar-refractivity contribution >= 4 is 11.6 Å². The van der Waals surface area contributed by atoms with Gasteiger partial charge in [-0.15, -0.1) is 0 Å². The number of nitrogens with one attached hydrogen (secondary N) is 1. The zero-order chi connectivity index (χ0) is 19.7. The van der Waals surface area contributed by atoms with Gasteiger partial charge >= 0.3 is 0 Å². The maximum absolute atomic E-state index is 5.88. The summed E-state index contributed by atoms with van der Waals surface area (Å²) in [5, 5.41) is 3.51. The maximum Gasteiger partial charge on any atom is 0.198 e. The molecule has 1 aliphatic heterocycles. The van der Waals surface area contributed by atoms with Gasteiger partial charge in [0.15, 0.2) is 5.96 Å². The van der Waals surface area contributed by atoms with Gasteiger partial charge in [-0.3, -0.25) is 4.99 Å². The second-order valence-electron chi connectivity index (χ2n) is 8.17. The lowest BCUT2D eigenvalue weighted by Gasteiger charge is -2.33. The fraction of sp³-hybridized carbons (Fsp3) is 0.667. The summed E-state index contributed by atoms with van der Waals surface area (Å²) in [6, 6.07) is 7.99. The summed E-state index contributed by atoms with van der Waals surface area (Å²) in [6.45, 7) is 11.2. The molecule has 152 valence electrons. The predicted molar refractivity (Wildman–Crippen MR) is 113 cm³/mol. The zero-order valence-corrected chi connectivity index (χ0v) is 17.3. The summed E-state index contributed by atoms with van der Waals surface area (Å²) >= 11 is 0. The molecule has 1 aliphatic rings. The van der Waals surface area contributed by atoms with E-state index in [1.165, 1.54) is 12.8 Å². The molecular weight excluding hydrogens is 340 g/mol. The summed E-state index contributed by atoms with van der Waals surface area (Å²) in [7, 11) is 1.67. The molecule has 0 unspecified atom stereocenters. The first kappa shape index (κ1) is 21.5. The molecule has 0 spiro atoms. The molecule has 0 aromatic heterocycles. The smallest absolute Gasteiger partial charge is 0.198 e. The maximum atomic E-state index is 5.88. The molecule has 27 heavy (non-hydrogen) atoms. The van der Waals surface area contributed by atoms with E-state index in [1.807, 2.05) is 24.3 Å². The van der Waals surface area contributed by atoms with Gasteiger partial charge < -0.3 is 25.4 Å². The van der Waals surface area contributed by atoms with Gasteiger partial charge in [0.2, 0.25) is 0 Å². The molecule has 0 bridgehead atoms. The van der Waals surface area contributed by atoms with Crippen LogP contribution in [-0.2, 0) is 4.74 Å². The third kappa shape index (κ3) is 7.39. The predicted octanol–water partition coefficient (Wildman–Crippen LogP) is 3.20. The molecule has 1 heterocycles. The van der Waals surface area contributed by atoms with E-state index in [9.17, 15) is 0 Å². The van der Waals surface area contributed by atoms with Crippen molar-refractivity contribution in [1.82, 2.24) is 4.90 Å². The van der Waals surface area contributed by atoms with E-state index in [4.69, 9.17) is 20.2 Å². The second kappa shape index (κ2) is 10.5. The lowest BCUT2D eigenvalue weighted by molar-refractivity contribution is 0.146. The van der Waals surface area contributed by atoms with Crippen LogP contribution in [0, 0.1) is 11.3 Å². The van der Waals surface area contributed by atoms with E-state index in [0.29, 0.717) is 26.3 Å². The molecule has 0 atom stereocenters. The fourth-order valence-corrected chi connectivity index (χ4v) is 2.80. The molecule has 0 saturated carbocycles. The van der Waals surface area contributed by atoms with Gasteiger partial charge in [-0.1, -0.05) is 20.8 Å². The highest BCUT2D eigenvalue weighted by atomic mass is 16.5.